The van der Waals surface area contributed by atoms with Crippen LogP contribution in [0.15, 0.2) is 34.6 Å². The van der Waals surface area contributed by atoms with Crippen LogP contribution in [0.3, 0.4) is 0 Å². The van der Waals surface area contributed by atoms with Crippen LogP contribution in [0.1, 0.15) is 48.9 Å². The molecule has 1 fully saturated rings. The second kappa shape index (κ2) is 10.8. The topological polar surface area (TPSA) is 69.6 Å². The standard InChI is InChI=1S/C20H27N5OS.HI/c1-14(2)17-13-27-18(24-17)12-23-20(21-3)22-11-15-6-8-16(9-7-15)25-10-4-5-19(25)26;/h6-9,13-14H,4-5,10-12H2,1-3H3,(H2,21,22,23);1H. The molecule has 1 saturated heterocycles. The van der Waals surface area contributed by atoms with E-state index in [9.17, 15) is 4.79 Å². The Morgan fingerprint density at radius 3 is 2.54 bits per heavy atom. The zero-order chi connectivity index (χ0) is 19.2. The molecule has 2 N–H and O–H groups in total. The van der Waals surface area contributed by atoms with Crippen molar-refractivity contribution in [2.24, 2.45) is 4.99 Å². The third kappa shape index (κ3) is 5.91. The minimum absolute atomic E-state index is 0. The van der Waals surface area contributed by atoms with Gasteiger partial charge in [0.15, 0.2) is 5.96 Å². The number of amides is 1. The lowest BCUT2D eigenvalue weighted by Crippen LogP contribution is -2.36. The average molecular weight is 513 g/mol. The van der Waals surface area contributed by atoms with Crippen molar-refractivity contribution in [1.82, 2.24) is 15.6 Å². The zero-order valence-electron chi connectivity index (χ0n) is 16.6. The highest BCUT2D eigenvalue weighted by Crippen LogP contribution is 2.21. The summed E-state index contributed by atoms with van der Waals surface area (Å²) in [6.07, 6.45) is 1.60. The molecule has 0 bridgehead atoms. The van der Waals surface area contributed by atoms with E-state index >= 15 is 0 Å². The maximum atomic E-state index is 11.8. The maximum Gasteiger partial charge on any atom is 0.227 e. The van der Waals surface area contributed by atoms with Crippen molar-refractivity contribution in [3.63, 3.8) is 0 Å². The van der Waals surface area contributed by atoms with E-state index in [1.54, 1.807) is 18.4 Å². The van der Waals surface area contributed by atoms with Crippen molar-refractivity contribution in [2.45, 2.75) is 45.7 Å². The first-order valence-corrected chi connectivity index (χ1v) is 10.2. The Hall–Kier alpha value is -1.68. The number of carbonyl (C=O) groups is 1. The van der Waals surface area contributed by atoms with Gasteiger partial charge >= 0.3 is 0 Å². The number of guanidine groups is 1. The van der Waals surface area contributed by atoms with Crippen LogP contribution in [0.4, 0.5) is 5.69 Å². The van der Waals surface area contributed by atoms with Gasteiger partial charge in [0.25, 0.3) is 0 Å². The van der Waals surface area contributed by atoms with Crippen LogP contribution >= 0.6 is 35.3 Å². The molecule has 8 heteroatoms. The second-order valence-electron chi connectivity index (χ2n) is 6.92. The third-order valence-corrected chi connectivity index (χ3v) is 5.44. The predicted octanol–water partition coefficient (Wildman–Crippen LogP) is 3.88. The number of nitrogens with zero attached hydrogens (tertiary/aromatic N) is 3. The minimum Gasteiger partial charge on any atom is -0.352 e. The second-order valence-corrected chi connectivity index (χ2v) is 7.86. The summed E-state index contributed by atoms with van der Waals surface area (Å²) in [6.45, 7) is 6.45. The molecule has 3 rings (SSSR count). The van der Waals surface area contributed by atoms with Gasteiger partial charge in [-0.15, -0.1) is 35.3 Å². The Labute approximate surface area is 187 Å². The molecular formula is C20H28IN5OS. The Morgan fingerprint density at radius 2 is 1.96 bits per heavy atom. The van der Waals surface area contributed by atoms with Crippen LogP contribution in [-0.2, 0) is 17.9 Å². The number of halogens is 1. The highest BCUT2D eigenvalue weighted by Gasteiger charge is 2.21. The molecule has 2 heterocycles. The summed E-state index contributed by atoms with van der Waals surface area (Å²) in [6, 6.07) is 8.13. The number of hydrogen-bond donors (Lipinski definition) is 2. The van der Waals surface area contributed by atoms with E-state index in [1.807, 2.05) is 17.0 Å². The molecule has 1 aliphatic rings. The summed E-state index contributed by atoms with van der Waals surface area (Å²) in [5.74, 6) is 1.41. The number of aliphatic imine (C=N–C) groups is 1. The molecule has 28 heavy (non-hydrogen) atoms. The van der Waals surface area contributed by atoms with Crippen molar-refractivity contribution in [2.75, 3.05) is 18.5 Å². The fourth-order valence-electron chi connectivity index (χ4n) is 2.95. The number of benzene rings is 1. The fraction of sp³-hybridized carbons (Fsp3) is 0.450. The Morgan fingerprint density at radius 1 is 1.25 bits per heavy atom. The molecule has 1 aromatic carbocycles. The molecular weight excluding hydrogens is 485 g/mol. The molecule has 0 spiro atoms. The van der Waals surface area contributed by atoms with Crippen molar-refractivity contribution < 1.29 is 4.79 Å². The minimum atomic E-state index is 0. The number of carbonyl (C=O) groups excluding carboxylic acids is 1. The predicted molar refractivity (Wildman–Crippen MR) is 127 cm³/mol. The summed E-state index contributed by atoms with van der Waals surface area (Å²) in [5, 5.41) is 9.79. The van der Waals surface area contributed by atoms with E-state index in [0.29, 0.717) is 25.4 Å². The normalized spacial score (nSPS) is 14.4. The summed E-state index contributed by atoms with van der Waals surface area (Å²) < 4.78 is 0. The molecule has 1 amide bonds. The number of anilines is 1. The van der Waals surface area contributed by atoms with E-state index in [-0.39, 0.29) is 29.9 Å². The molecule has 0 unspecified atom stereocenters. The van der Waals surface area contributed by atoms with Crippen LogP contribution in [-0.4, -0.2) is 30.4 Å². The van der Waals surface area contributed by atoms with E-state index in [0.717, 1.165) is 40.9 Å². The molecule has 0 radical (unpaired) electrons. The van der Waals surface area contributed by atoms with Gasteiger partial charge in [0.05, 0.1) is 12.2 Å². The van der Waals surface area contributed by atoms with E-state index in [2.05, 4.69) is 52.0 Å². The van der Waals surface area contributed by atoms with Gasteiger partial charge in [-0.1, -0.05) is 26.0 Å². The van der Waals surface area contributed by atoms with Crippen LogP contribution in [0, 0.1) is 0 Å². The Kier molecular flexibility index (Phi) is 8.68. The number of hydrogen-bond acceptors (Lipinski definition) is 4. The van der Waals surface area contributed by atoms with Crippen LogP contribution in [0.25, 0.3) is 0 Å². The van der Waals surface area contributed by atoms with Gasteiger partial charge in [-0.05, 0) is 30.0 Å². The summed E-state index contributed by atoms with van der Waals surface area (Å²) in [4.78, 5) is 22.6. The quantitative estimate of drug-likeness (QED) is 0.350. The first-order valence-electron chi connectivity index (χ1n) is 9.35. The van der Waals surface area contributed by atoms with E-state index in [4.69, 9.17) is 0 Å². The number of rotatable bonds is 6. The third-order valence-electron chi connectivity index (χ3n) is 4.57. The lowest BCUT2D eigenvalue weighted by Gasteiger charge is -2.16. The SMILES string of the molecule is CN=C(NCc1ccc(N2CCCC2=O)cc1)NCc1nc(C(C)C)cs1.I. The molecule has 0 aliphatic carbocycles. The molecule has 1 aromatic heterocycles. The molecule has 152 valence electrons. The summed E-state index contributed by atoms with van der Waals surface area (Å²) >= 11 is 1.67. The monoisotopic (exact) mass is 513 g/mol. The van der Waals surface area contributed by atoms with Crippen molar-refractivity contribution in [3.05, 3.63) is 45.9 Å². The van der Waals surface area contributed by atoms with Crippen molar-refractivity contribution in [3.8, 4) is 0 Å². The largest absolute Gasteiger partial charge is 0.352 e. The maximum absolute atomic E-state index is 11.8. The Balaban J connectivity index is 0.00000280. The molecule has 6 nitrogen and oxygen atoms in total. The van der Waals surface area contributed by atoms with Crippen molar-refractivity contribution >= 4 is 52.9 Å². The highest BCUT2D eigenvalue weighted by molar-refractivity contribution is 14.0. The van der Waals surface area contributed by atoms with Crippen LogP contribution < -0.4 is 15.5 Å². The van der Waals surface area contributed by atoms with E-state index < -0.39 is 0 Å². The van der Waals surface area contributed by atoms with Crippen molar-refractivity contribution in [1.29, 1.82) is 0 Å². The zero-order valence-corrected chi connectivity index (χ0v) is 19.7. The number of nitrogens with one attached hydrogen (secondary N) is 2. The van der Waals surface area contributed by atoms with Gasteiger partial charge in [-0.2, -0.15) is 0 Å². The lowest BCUT2D eigenvalue weighted by atomic mass is 10.2. The highest BCUT2D eigenvalue weighted by atomic mass is 127. The van der Waals surface area contributed by atoms with Gasteiger partial charge in [0.1, 0.15) is 5.01 Å². The van der Waals surface area contributed by atoms with Gasteiger partial charge in [-0.25, -0.2) is 4.98 Å². The summed E-state index contributed by atoms with van der Waals surface area (Å²) in [7, 11) is 1.76. The molecule has 0 saturated carbocycles. The lowest BCUT2D eigenvalue weighted by molar-refractivity contribution is -0.117. The summed E-state index contributed by atoms with van der Waals surface area (Å²) in [5.41, 5.74) is 3.26. The van der Waals surface area contributed by atoms with Gasteiger partial charge < -0.3 is 15.5 Å². The van der Waals surface area contributed by atoms with Gasteiger partial charge in [0, 0.05) is 37.6 Å². The van der Waals surface area contributed by atoms with Crippen LogP contribution in [0.5, 0.6) is 0 Å². The van der Waals surface area contributed by atoms with E-state index in [1.165, 1.54) is 0 Å². The average Bonchev–Trinajstić information content (AvgIpc) is 3.31. The fourth-order valence-corrected chi connectivity index (χ4v) is 3.85. The van der Waals surface area contributed by atoms with Gasteiger partial charge in [-0.3, -0.25) is 9.79 Å². The number of aromatic nitrogens is 1. The molecule has 0 atom stereocenters. The first-order chi connectivity index (χ1) is 13.1. The number of thiazole rings is 1. The molecule has 1 aliphatic heterocycles. The molecule has 2 aromatic rings. The van der Waals surface area contributed by atoms with Crippen LogP contribution in [0.2, 0.25) is 0 Å². The smallest absolute Gasteiger partial charge is 0.227 e. The first kappa shape index (κ1) is 22.6. The van der Waals surface area contributed by atoms with Gasteiger partial charge in [0.2, 0.25) is 5.91 Å². The Bertz CT molecular complexity index is 803.